The van der Waals surface area contributed by atoms with Crippen LogP contribution < -0.4 is 15.2 Å². The van der Waals surface area contributed by atoms with Gasteiger partial charge >= 0.3 is 9.70 Å². The van der Waals surface area contributed by atoms with E-state index in [1.807, 2.05) is 0 Å². The number of alkyl halides is 3. The molecule has 3 nitrogen and oxygen atoms in total. The molecule has 2 rings (SSSR count). The molecule has 3 N–H and O–H groups in total. The van der Waals surface area contributed by atoms with Crippen molar-refractivity contribution in [1.29, 1.82) is 0 Å². The number of halogens is 3. The van der Waals surface area contributed by atoms with Crippen LogP contribution in [0.2, 0.25) is 0 Å². The quantitative estimate of drug-likeness (QED) is 0.718. The molecule has 0 saturated carbocycles. The predicted octanol–water partition coefficient (Wildman–Crippen LogP) is 1.72. The van der Waals surface area contributed by atoms with Gasteiger partial charge in [0, 0.05) is 0 Å². The minimum atomic E-state index is -1.74. The monoisotopic (exact) mass is 254 g/mol. The topological polar surface area (TPSA) is 46.1 Å². The smallest absolute Gasteiger partial charge is 0.400 e. The molecule has 0 bridgehead atoms. The fourth-order valence-electron chi connectivity index (χ4n) is 1.11. The van der Waals surface area contributed by atoms with Crippen LogP contribution in [0, 0.1) is 0 Å². The Kier molecular flexibility index (Phi) is 2.23. The Morgan fingerprint density at radius 2 is 1.50 bits per heavy atom. The lowest BCUT2D eigenvalue weighted by molar-refractivity contribution is -0.587. The van der Waals surface area contributed by atoms with E-state index in [2.05, 4.69) is 5.73 Å². The third-order valence-electron chi connectivity index (χ3n) is 1.83. The van der Waals surface area contributed by atoms with Gasteiger partial charge in [0.05, 0.1) is 0 Å². The molecule has 1 heterocycles. The first-order valence-electron chi connectivity index (χ1n) is 3.81. The first kappa shape index (κ1) is 10.2. The molecule has 0 spiro atoms. The van der Waals surface area contributed by atoms with E-state index in [0.717, 1.165) is 0 Å². The van der Waals surface area contributed by atoms with Crippen LogP contribution in [0.15, 0.2) is 24.3 Å². The number of ether oxygens (including phenoxy) is 2. The highest BCUT2D eigenvalue weighted by Gasteiger charge is 2.59. The first-order valence-corrected chi connectivity index (χ1v) is 4.95. The molecule has 1 aliphatic heterocycles. The van der Waals surface area contributed by atoms with Gasteiger partial charge in [-0.15, -0.1) is 0 Å². The van der Waals surface area contributed by atoms with E-state index in [0.29, 0.717) is 11.5 Å². The van der Waals surface area contributed by atoms with E-state index in [9.17, 15) is 0 Å². The highest BCUT2D eigenvalue weighted by atomic mass is 35.6. The van der Waals surface area contributed by atoms with Crippen molar-refractivity contribution in [3.05, 3.63) is 24.3 Å². The van der Waals surface area contributed by atoms with Crippen molar-refractivity contribution in [3.8, 4) is 11.5 Å². The minimum Gasteiger partial charge on any atom is -0.400 e. The molecule has 0 fully saturated rings. The van der Waals surface area contributed by atoms with Crippen molar-refractivity contribution < 1.29 is 15.2 Å². The number of hydrogen-bond acceptors (Lipinski definition) is 2. The van der Waals surface area contributed by atoms with Gasteiger partial charge in [-0.2, -0.15) is 0 Å². The molecule has 1 aromatic carbocycles. The van der Waals surface area contributed by atoms with Crippen LogP contribution in [0.3, 0.4) is 0 Å². The van der Waals surface area contributed by atoms with Crippen LogP contribution in [-0.4, -0.2) is 9.70 Å². The third-order valence-corrected chi connectivity index (χ3v) is 2.69. The second-order valence-corrected chi connectivity index (χ2v) is 5.18. The number of rotatable bonds is 0. The normalized spacial score (nSPS) is 18.3. The molecule has 0 aliphatic carbocycles. The molecule has 1 aromatic rings. The van der Waals surface area contributed by atoms with Gasteiger partial charge in [-0.05, 0) is 12.1 Å². The Labute approximate surface area is 95.6 Å². The molecule has 1 aliphatic rings. The molecule has 0 unspecified atom stereocenters. The average Bonchev–Trinajstić information content (AvgIpc) is 2.40. The maximum absolute atomic E-state index is 5.69. The van der Waals surface area contributed by atoms with E-state index >= 15 is 0 Å². The fraction of sp³-hybridized carbons (Fsp3) is 0.250. The van der Waals surface area contributed by atoms with Crippen LogP contribution in [-0.2, 0) is 0 Å². The van der Waals surface area contributed by atoms with Gasteiger partial charge in [0.1, 0.15) is 0 Å². The number of para-hydroxylation sites is 2. The first-order chi connectivity index (χ1) is 6.42. The lowest BCUT2D eigenvalue weighted by atomic mass is 10.3. The molecule has 0 atom stereocenters. The van der Waals surface area contributed by atoms with E-state index in [1.165, 1.54) is 0 Å². The third kappa shape index (κ3) is 1.50. The van der Waals surface area contributed by atoms with E-state index in [4.69, 9.17) is 44.3 Å². The lowest BCUT2D eigenvalue weighted by Gasteiger charge is -2.24. The van der Waals surface area contributed by atoms with E-state index < -0.39 is 9.70 Å². The summed E-state index contributed by atoms with van der Waals surface area (Å²) in [6.07, 6.45) is 0. The maximum Gasteiger partial charge on any atom is 0.449 e. The Bertz CT molecular complexity index is 339. The highest BCUT2D eigenvalue weighted by molar-refractivity contribution is 6.68. The van der Waals surface area contributed by atoms with Crippen LogP contribution in [0.4, 0.5) is 0 Å². The Morgan fingerprint density at radius 3 is 1.86 bits per heavy atom. The van der Waals surface area contributed by atoms with Gasteiger partial charge in [-0.25, -0.2) is 0 Å². The summed E-state index contributed by atoms with van der Waals surface area (Å²) in [5.74, 6) is -0.468. The second-order valence-electron chi connectivity index (χ2n) is 2.90. The zero-order chi connectivity index (χ0) is 10.4. The fourth-order valence-corrected chi connectivity index (χ4v) is 1.34. The van der Waals surface area contributed by atoms with Gasteiger partial charge in [-0.1, -0.05) is 46.9 Å². The Hall–Kier alpha value is -0.350. The molecule has 14 heavy (non-hydrogen) atoms. The molecule has 0 saturated heterocycles. The van der Waals surface area contributed by atoms with Crippen LogP contribution in [0.1, 0.15) is 0 Å². The molecule has 6 heteroatoms. The predicted molar refractivity (Wildman–Crippen MR) is 53.6 cm³/mol. The molecule has 0 aromatic heterocycles. The molecule has 0 amide bonds. The SMILES string of the molecule is [NH3+]C1(C(Cl)(Cl)Cl)Oc2ccccc2O1. The summed E-state index contributed by atoms with van der Waals surface area (Å²) in [4.78, 5) is 0. The average molecular weight is 256 g/mol. The van der Waals surface area contributed by atoms with Crippen molar-refractivity contribution in [3.63, 3.8) is 0 Å². The largest absolute Gasteiger partial charge is 0.449 e. The Balaban J connectivity index is 2.35. The van der Waals surface area contributed by atoms with Crippen LogP contribution in [0.5, 0.6) is 11.5 Å². The van der Waals surface area contributed by atoms with E-state index in [1.54, 1.807) is 24.3 Å². The van der Waals surface area contributed by atoms with E-state index in [-0.39, 0.29) is 0 Å². The molecular weight excluding hydrogens is 248 g/mol. The number of hydrogen-bond donors (Lipinski definition) is 1. The standard InChI is InChI=1S/C8H6Cl3NO2/c9-7(10,11)8(12)13-5-3-1-2-4-6(5)14-8/h1-4H,12H2/p+1. The summed E-state index contributed by atoms with van der Waals surface area (Å²) in [6.45, 7) is 0. The molecule has 0 radical (unpaired) electrons. The summed E-state index contributed by atoms with van der Waals surface area (Å²) in [6, 6.07) is 7.04. The second kappa shape index (κ2) is 3.07. The van der Waals surface area contributed by atoms with Crippen molar-refractivity contribution in [2.45, 2.75) is 9.70 Å². The zero-order valence-electron chi connectivity index (χ0n) is 6.97. The number of quaternary nitrogens is 1. The van der Waals surface area contributed by atoms with Gasteiger partial charge in [0.15, 0.2) is 11.5 Å². The summed E-state index contributed by atoms with van der Waals surface area (Å²) in [7, 11) is 0. The Morgan fingerprint density at radius 1 is 1.07 bits per heavy atom. The minimum absolute atomic E-state index is 0.522. The van der Waals surface area contributed by atoms with Crippen molar-refractivity contribution in [2.24, 2.45) is 0 Å². The van der Waals surface area contributed by atoms with Crippen molar-refractivity contribution in [2.75, 3.05) is 0 Å². The molecular formula is C8H7Cl3NO2+. The highest BCUT2D eigenvalue weighted by Crippen LogP contribution is 2.45. The maximum atomic E-state index is 5.69. The van der Waals surface area contributed by atoms with Gasteiger partial charge in [0.2, 0.25) is 0 Å². The number of fused-ring (bicyclic) bond motifs is 1. The zero-order valence-corrected chi connectivity index (χ0v) is 9.23. The lowest BCUT2D eigenvalue weighted by Crippen LogP contribution is -2.83. The van der Waals surface area contributed by atoms with Crippen LogP contribution >= 0.6 is 34.8 Å². The van der Waals surface area contributed by atoms with Gasteiger partial charge in [-0.3, -0.25) is 5.73 Å². The van der Waals surface area contributed by atoms with Crippen LogP contribution in [0.25, 0.3) is 0 Å². The molecule has 76 valence electrons. The van der Waals surface area contributed by atoms with Gasteiger partial charge in [0.25, 0.3) is 0 Å². The van der Waals surface area contributed by atoms with Crippen molar-refractivity contribution in [1.82, 2.24) is 0 Å². The van der Waals surface area contributed by atoms with Gasteiger partial charge < -0.3 is 9.47 Å². The summed E-state index contributed by atoms with van der Waals surface area (Å²) in [5.41, 5.74) is 3.61. The summed E-state index contributed by atoms with van der Waals surface area (Å²) >= 11 is 17.1. The van der Waals surface area contributed by atoms with Crippen molar-refractivity contribution >= 4 is 34.8 Å². The number of benzene rings is 1. The summed E-state index contributed by atoms with van der Waals surface area (Å²) in [5, 5.41) is 0. The summed E-state index contributed by atoms with van der Waals surface area (Å²) < 4.78 is 8.92.